The molecule has 126 valence electrons. The first-order valence-corrected chi connectivity index (χ1v) is 9.10. The summed E-state index contributed by atoms with van der Waals surface area (Å²) in [4.78, 5) is 23.2. The van der Waals surface area contributed by atoms with Crippen LogP contribution in [0.25, 0.3) is 0 Å². The van der Waals surface area contributed by atoms with E-state index in [0.29, 0.717) is 5.69 Å². The Labute approximate surface area is 140 Å². The van der Waals surface area contributed by atoms with E-state index in [1.165, 1.54) is 13.0 Å². The Kier molecular flexibility index (Phi) is 5.35. The van der Waals surface area contributed by atoms with Crippen LogP contribution in [0.1, 0.15) is 12.5 Å². The van der Waals surface area contributed by atoms with Crippen molar-refractivity contribution in [3.05, 3.63) is 54.1 Å². The van der Waals surface area contributed by atoms with Crippen molar-refractivity contribution in [3.63, 3.8) is 0 Å². The first-order chi connectivity index (χ1) is 11.3. The van der Waals surface area contributed by atoms with Crippen LogP contribution in [-0.4, -0.2) is 26.5 Å². The van der Waals surface area contributed by atoms with Gasteiger partial charge in [0.25, 0.3) is 0 Å². The minimum atomic E-state index is -3.42. The lowest BCUT2D eigenvalue weighted by Crippen LogP contribution is -2.16. The molecule has 0 saturated heterocycles. The van der Waals surface area contributed by atoms with Gasteiger partial charge in [0.05, 0.1) is 17.0 Å². The van der Waals surface area contributed by atoms with Crippen LogP contribution in [0.5, 0.6) is 0 Å². The molecule has 0 heterocycles. The molecule has 0 spiro atoms. The van der Waals surface area contributed by atoms with E-state index in [1.807, 2.05) is 0 Å². The molecular weight excluding hydrogens is 328 g/mol. The second kappa shape index (κ2) is 7.27. The van der Waals surface area contributed by atoms with Gasteiger partial charge in [-0.25, -0.2) is 8.42 Å². The predicted octanol–water partition coefficient (Wildman–Crippen LogP) is 2.23. The van der Waals surface area contributed by atoms with Gasteiger partial charge in [-0.3, -0.25) is 9.59 Å². The third-order valence-electron chi connectivity index (χ3n) is 3.20. The molecule has 0 aromatic heterocycles. The number of nitrogens with one attached hydrogen (secondary N) is 2. The number of carbonyl (C=O) groups excluding carboxylic acids is 2. The number of anilines is 2. The largest absolute Gasteiger partial charge is 0.326 e. The fourth-order valence-corrected chi connectivity index (χ4v) is 3.03. The van der Waals surface area contributed by atoms with Crippen molar-refractivity contribution in [2.45, 2.75) is 18.2 Å². The van der Waals surface area contributed by atoms with Crippen LogP contribution in [0.3, 0.4) is 0 Å². The summed E-state index contributed by atoms with van der Waals surface area (Å²) in [5.74, 6) is -0.490. The summed E-state index contributed by atoms with van der Waals surface area (Å²) in [6.45, 7) is 1.42. The van der Waals surface area contributed by atoms with Gasteiger partial charge in [-0.15, -0.1) is 0 Å². The quantitative estimate of drug-likeness (QED) is 0.868. The van der Waals surface area contributed by atoms with Crippen molar-refractivity contribution in [1.82, 2.24) is 0 Å². The van der Waals surface area contributed by atoms with Crippen molar-refractivity contribution in [3.8, 4) is 0 Å². The Hall–Kier alpha value is -2.67. The highest BCUT2D eigenvalue weighted by Gasteiger charge is 2.14. The van der Waals surface area contributed by atoms with Crippen molar-refractivity contribution in [1.29, 1.82) is 0 Å². The highest BCUT2D eigenvalue weighted by molar-refractivity contribution is 7.90. The molecule has 0 radical (unpaired) electrons. The lowest BCUT2D eigenvalue weighted by atomic mass is 10.1. The van der Waals surface area contributed by atoms with Crippen LogP contribution in [0, 0.1) is 0 Å². The van der Waals surface area contributed by atoms with Gasteiger partial charge in [-0.1, -0.05) is 24.3 Å². The molecule has 0 fully saturated rings. The number of para-hydroxylation sites is 1. The van der Waals surface area contributed by atoms with Gasteiger partial charge in [0.15, 0.2) is 9.84 Å². The molecule has 6 nitrogen and oxygen atoms in total. The summed E-state index contributed by atoms with van der Waals surface area (Å²) in [5, 5.41) is 5.27. The van der Waals surface area contributed by atoms with E-state index in [-0.39, 0.29) is 28.8 Å². The lowest BCUT2D eigenvalue weighted by molar-refractivity contribution is -0.116. The zero-order chi connectivity index (χ0) is 17.7. The maximum Gasteiger partial charge on any atom is 0.228 e. The molecule has 0 bridgehead atoms. The minimum absolute atomic E-state index is 0.0827. The van der Waals surface area contributed by atoms with Crippen LogP contribution in [0.15, 0.2) is 53.4 Å². The molecule has 0 aliphatic carbocycles. The van der Waals surface area contributed by atoms with Gasteiger partial charge >= 0.3 is 0 Å². The highest BCUT2D eigenvalue weighted by Crippen LogP contribution is 2.21. The van der Waals surface area contributed by atoms with Gasteiger partial charge in [0.2, 0.25) is 11.8 Å². The Morgan fingerprint density at radius 1 is 0.958 bits per heavy atom. The average molecular weight is 346 g/mol. The number of hydrogen-bond donors (Lipinski definition) is 2. The third-order valence-corrected chi connectivity index (χ3v) is 4.35. The van der Waals surface area contributed by atoms with Crippen molar-refractivity contribution in [2.24, 2.45) is 0 Å². The Balaban J connectivity index is 2.08. The smallest absolute Gasteiger partial charge is 0.228 e. The molecule has 0 aliphatic heterocycles. The Morgan fingerprint density at radius 2 is 1.58 bits per heavy atom. The number of rotatable bonds is 5. The van der Waals surface area contributed by atoms with Crippen LogP contribution in [0.4, 0.5) is 11.4 Å². The van der Waals surface area contributed by atoms with Gasteiger partial charge in [-0.2, -0.15) is 0 Å². The third kappa shape index (κ3) is 4.92. The van der Waals surface area contributed by atoms with Gasteiger partial charge in [-0.05, 0) is 29.8 Å². The monoisotopic (exact) mass is 346 g/mol. The first-order valence-electron chi connectivity index (χ1n) is 7.21. The van der Waals surface area contributed by atoms with Crippen LogP contribution >= 0.6 is 0 Å². The van der Waals surface area contributed by atoms with E-state index in [4.69, 9.17) is 0 Å². The zero-order valence-electron chi connectivity index (χ0n) is 13.4. The van der Waals surface area contributed by atoms with E-state index in [0.717, 1.165) is 11.8 Å². The number of amides is 2. The van der Waals surface area contributed by atoms with Crippen LogP contribution in [-0.2, 0) is 25.8 Å². The summed E-state index contributed by atoms with van der Waals surface area (Å²) < 4.78 is 23.5. The standard InChI is InChI=1S/C17H18N2O4S/c1-12(20)18-14-9-7-13(8-10-14)11-17(21)19-15-5-3-4-6-16(15)24(2,22)23/h3-10H,11H2,1-2H3,(H,18,20)(H,19,21). The SMILES string of the molecule is CC(=O)Nc1ccc(CC(=O)Nc2ccccc2S(C)(=O)=O)cc1. The molecule has 0 aliphatic rings. The topological polar surface area (TPSA) is 92.3 Å². The second-order valence-corrected chi connectivity index (χ2v) is 7.36. The lowest BCUT2D eigenvalue weighted by Gasteiger charge is -2.10. The van der Waals surface area contributed by atoms with Gasteiger partial charge in [0.1, 0.15) is 0 Å². The molecule has 7 heteroatoms. The van der Waals surface area contributed by atoms with E-state index in [1.54, 1.807) is 42.5 Å². The molecule has 2 aromatic carbocycles. The fourth-order valence-electron chi connectivity index (χ4n) is 2.18. The minimum Gasteiger partial charge on any atom is -0.326 e. The summed E-state index contributed by atoms with van der Waals surface area (Å²) in [6, 6.07) is 13.1. The highest BCUT2D eigenvalue weighted by atomic mass is 32.2. The second-order valence-electron chi connectivity index (χ2n) is 5.37. The van der Waals surface area contributed by atoms with E-state index >= 15 is 0 Å². The first kappa shape index (κ1) is 17.7. The zero-order valence-corrected chi connectivity index (χ0v) is 14.2. The molecule has 2 amide bonds. The molecule has 0 saturated carbocycles. The van der Waals surface area contributed by atoms with E-state index < -0.39 is 9.84 Å². The number of benzene rings is 2. The van der Waals surface area contributed by atoms with Crippen molar-refractivity contribution < 1.29 is 18.0 Å². The normalized spacial score (nSPS) is 10.9. The molecule has 2 rings (SSSR count). The van der Waals surface area contributed by atoms with Crippen LogP contribution < -0.4 is 10.6 Å². The molecule has 2 N–H and O–H groups in total. The predicted molar refractivity (Wildman–Crippen MR) is 92.6 cm³/mol. The van der Waals surface area contributed by atoms with Crippen molar-refractivity contribution >= 4 is 33.0 Å². The van der Waals surface area contributed by atoms with E-state index in [2.05, 4.69) is 10.6 Å². The maximum absolute atomic E-state index is 12.1. The molecular formula is C17H18N2O4S. The summed E-state index contributed by atoms with van der Waals surface area (Å²) in [5.41, 5.74) is 1.66. The average Bonchev–Trinajstić information content (AvgIpc) is 2.48. The summed E-state index contributed by atoms with van der Waals surface area (Å²) in [6.07, 6.45) is 1.19. The maximum atomic E-state index is 12.1. The Morgan fingerprint density at radius 3 is 2.17 bits per heavy atom. The number of carbonyl (C=O) groups is 2. The van der Waals surface area contributed by atoms with Gasteiger partial charge < -0.3 is 10.6 Å². The molecule has 24 heavy (non-hydrogen) atoms. The van der Waals surface area contributed by atoms with E-state index in [9.17, 15) is 18.0 Å². The Bertz CT molecular complexity index is 858. The molecule has 0 atom stereocenters. The molecule has 0 unspecified atom stereocenters. The number of hydrogen-bond acceptors (Lipinski definition) is 4. The number of sulfone groups is 1. The van der Waals surface area contributed by atoms with Crippen molar-refractivity contribution in [2.75, 3.05) is 16.9 Å². The fraction of sp³-hybridized carbons (Fsp3) is 0.176. The summed E-state index contributed by atoms with van der Waals surface area (Å²) in [7, 11) is -3.42. The summed E-state index contributed by atoms with van der Waals surface area (Å²) >= 11 is 0. The van der Waals surface area contributed by atoms with Crippen LogP contribution in [0.2, 0.25) is 0 Å². The molecule has 2 aromatic rings. The van der Waals surface area contributed by atoms with Gasteiger partial charge in [0, 0.05) is 18.9 Å².